The summed E-state index contributed by atoms with van der Waals surface area (Å²) < 4.78 is 46.2. The van der Waals surface area contributed by atoms with E-state index in [0.29, 0.717) is 18.3 Å². The molecule has 35 heavy (non-hydrogen) atoms. The van der Waals surface area contributed by atoms with Crippen LogP contribution >= 0.6 is 11.8 Å². The SMILES string of the molecule is CCC(CC)OCCN1CCN(CCCN2c3ccccc3Sc3ccc(C(F)(F)F)cc32)CC1. The maximum Gasteiger partial charge on any atom is 0.416 e. The number of para-hydroxylation sites is 1. The molecule has 0 saturated carbocycles. The fraction of sp³-hybridized carbons (Fsp3) is 0.556. The number of piperazine rings is 1. The molecule has 4 nitrogen and oxygen atoms in total. The highest BCUT2D eigenvalue weighted by molar-refractivity contribution is 7.99. The van der Waals surface area contributed by atoms with Crippen molar-refractivity contribution in [3.63, 3.8) is 0 Å². The molecule has 0 N–H and O–H groups in total. The zero-order valence-corrected chi connectivity index (χ0v) is 21.5. The van der Waals surface area contributed by atoms with Gasteiger partial charge in [-0.15, -0.1) is 0 Å². The number of anilines is 2. The first-order valence-electron chi connectivity index (χ1n) is 12.7. The number of halogens is 3. The predicted molar refractivity (Wildman–Crippen MR) is 137 cm³/mol. The standard InChI is InChI=1S/C27H36F3N3OS/c1-3-22(4-2)34-19-18-32-16-14-31(15-17-32)12-7-13-33-23-8-5-6-9-25(23)35-26-11-10-21(20-24(26)33)27(28,29)30/h5-6,8-11,20,22H,3-4,7,12-19H2,1-2H3. The first kappa shape index (κ1) is 26.3. The van der Waals surface area contributed by atoms with Crippen molar-refractivity contribution >= 4 is 23.1 Å². The lowest BCUT2D eigenvalue weighted by Gasteiger charge is -2.36. The van der Waals surface area contributed by atoms with E-state index >= 15 is 0 Å². The van der Waals surface area contributed by atoms with E-state index < -0.39 is 11.7 Å². The molecule has 4 rings (SSSR count). The first-order chi connectivity index (χ1) is 16.9. The number of rotatable bonds is 10. The van der Waals surface area contributed by atoms with Gasteiger partial charge in [-0.25, -0.2) is 0 Å². The average Bonchev–Trinajstić information content (AvgIpc) is 2.86. The summed E-state index contributed by atoms with van der Waals surface area (Å²) in [5.74, 6) is 0. The Kier molecular flexibility index (Phi) is 9.02. The number of hydrogen-bond donors (Lipinski definition) is 0. The lowest BCUT2D eigenvalue weighted by atomic mass is 10.1. The highest BCUT2D eigenvalue weighted by Gasteiger charge is 2.33. The van der Waals surface area contributed by atoms with Gasteiger partial charge >= 0.3 is 6.18 Å². The zero-order valence-electron chi connectivity index (χ0n) is 20.7. The largest absolute Gasteiger partial charge is 0.416 e. The Labute approximate surface area is 211 Å². The van der Waals surface area contributed by atoms with Crippen molar-refractivity contribution < 1.29 is 17.9 Å². The molecule has 0 radical (unpaired) electrons. The quantitative estimate of drug-likeness (QED) is 0.363. The smallest absolute Gasteiger partial charge is 0.377 e. The highest BCUT2D eigenvalue weighted by Crippen LogP contribution is 2.49. The van der Waals surface area contributed by atoms with Crippen LogP contribution in [-0.4, -0.2) is 68.3 Å². The zero-order chi connectivity index (χ0) is 24.8. The van der Waals surface area contributed by atoms with Gasteiger partial charge in [0.1, 0.15) is 0 Å². The molecule has 0 bridgehead atoms. The molecule has 2 aromatic carbocycles. The van der Waals surface area contributed by atoms with Gasteiger partial charge in [-0.2, -0.15) is 13.2 Å². The van der Waals surface area contributed by atoms with Crippen LogP contribution < -0.4 is 4.90 Å². The minimum atomic E-state index is -4.35. The van der Waals surface area contributed by atoms with Gasteiger partial charge in [0.15, 0.2) is 0 Å². The van der Waals surface area contributed by atoms with E-state index in [1.54, 1.807) is 17.8 Å². The van der Waals surface area contributed by atoms with E-state index in [2.05, 4.69) is 28.5 Å². The van der Waals surface area contributed by atoms with Crippen molar-refractivity contribution in [1.82, 2.24) is 9.80 Å². The fourth-order valence-electron chi connectivity index (χ4n) is 4.81. The van der Waals surface area contributed by atoms with Crippen LogP contribution in [0, 0.1) is 0 Å². The van der Waals surface area contributed by atoms with E-state index in [0.717, 1.165) is 80.6 Å². The minimum Gasteiger partial charge on any atom is -0.377 e. The number of ether oxygens (including phenoxy) is 1. The topological polar surface area (TPSA) is 19.0 Å². The number of fused-ring (bicyclic) bond motifs is 2. The molecular weight excluding hydrogens is 471 g/mol. The van der Waals surface area contributed by atoms with Crippen LogP contribution in [0.3, 0.4) is 0 Å². The molecule has 2 heterocycles. The van der Waals surface area contributed by atoms with Crippen molar-refractivity contribution in [3.8, 4) is 0 Å². The molecule has 1 fully saturated rings. The Bertz CT molecular complexity index is 959. The molecule has 0 aromatic heterocycles. The molecule has 8 heteroatoms. The average molecular weight is 508 g/mol. The molecule has 0 aliphatic carbocycles. The molecule has 2 aliphatic rings. The molecule has 1 saturated heterocycles. The van der Waals surface area contributed by atoms with Gasteiger partial charge in [-0.05, 0) is 56.1 Å². The molecule has 2 aliphatic heterocycles. The van der Waals surface area contributed by atoms with Gasteiger partial charge in [-0.3, -0.25) is 4.90 Å². The van der Waals surface area contributed by atoms with Crippen LogP contribution in [0.2, 0.25) is 0 Å². The number of hydrogen-bond acceptors (Lipinski definition) is 5. The van der Waals surface area contributed by atoms with Gasteiger partial charge in [0.2, 0.25) is 0 Å². The Morgan fingerprint density at radius 3 is 2.20 bits per heavy atom. The molecule has 0 amide bonds. The molecule has 0 spiro atoms. The van der Waals surface area contributed by atoms with E-state index in [1.165, 1.54) is 12.1 Å². The normalized spacial score (nSPS) is 17.0. The van der Waals surface area contributed by atoms with E-state index in [4.69, 9.17) is 4.74 Å². The van der Waals surface area contributed by atoms with Crippen LogP contribution in [0.25, 0.3) is 0 Å². The molecule has 2 aromatic rings. The van der Waals surface area contributed by atoms with Crippen molar-refractivity contribution in [2.24, 2.45) is 0 Å². The third kappa shape index (κ3) is 6.73. The van der Waals surface area contributed by atoms with Crippen LogP contribution in [0.5, 0.6) is 0 Å². The van der Waals surface area contributed by atoms with E-state index in [9.17, 15) is 13.2 Å². The van der Waals surface area contributed by atoms with E-state index in [1.807, 2.05) is 24.3 Å². The van der Waals surface area contributed by atoms with Crippen LogP contribution in [0.1, 0.15) is 38.7 Å². The summed E-state index contributed by atoms with van der Waals surface area (Å²) in [5.41, 5.74) is 1.06. The fourth-order valence-corrected chi connectivity index (χ4v) is 5.88. The monoisotopic (exact) mass is 507 g/mol. The second-order valence-corrected chi connectivity index (χ2v) is 10.3. The Morgan fingerprint density at radius 1 is 0.857 bits per heavy atom. The van der Waals surface area contributed by atoms with Crippen molar-refractivity contribution in [3.05, 3.63) is 48.0 Å². The van der Waals surface area contributed by atoms with Crippen LogP contribution in [0.15, 0.2) is 52.3 Å². The van der Waals surface area contributed by atoms with Gasteiger partial charge in [0.05, 0.1) is 29.6 Å². The summed E-state index contributed by atoms with van der Waals surface area (Å²) in [5, 5.41) is 0. The lowest BCUT2D eigenvalue weighted by Crippen LogP contribution is -2.47. The van der Waals surface area contributed by atoms with Crippen molar-refractivity contribution in [1.29, 1.82) is 0 Å². The summed E-state index contributed by atoms with van der Waals surface area (Å²) in [7, 11) is 0. The van der Waals surface area contributed by atoms with Crippen LogP contribution in [0.4, 0.5) is 24.5 Å². The summed E-state index contributed by atoms with van der Waals surface area (Å²) in [6.45, 7) is 11.8. The summed E-state index contributed by atoms with van der Waals surface area (Å²) in [4.78, 5) is 8.97. The third-order valence-electron chi connectivity index (χ3n) is 6.95. The molecule has 0 unspecified atom stereocenters. The highest BCUT2D eigenvalue weighted by atomic mass is 32.2. The molecule has 0 atom stereocenters. The maximum atomic E-state index is 13.4. The Balaban J connectivity index is 1.32. The number of benzene rings is 2. The third-order valence-corrected chi connectivity index (χ3v) is 8.08. The van der Waals surface area contributed by atoms with Gasteiger partial charge in [0.25, 0.3) is 0 Å². The van der Waals surface area contributed by atoms with E-state index in [-0.39, 0.29) is 0 Å². The minimum absolute atomic E-state index is 0.368. The first-order valence-corrected chi connectivity index (χ1v) is 13.5. The van der Waals surface area contributed by atoms with Gasteiger partial charge in [-0.1, -0.05) is 37.7 Å². The number of nitrogens with zero attached hydrogens (tertiary/aromatic N) is 3. The van der Waals surface area contributed by atoms with Crippen LogP contribution in [-0.2, 0) is 10.9 Å². The summed E-state index contributed by atoms with van der Waals surface area (Å²) in [6, 6.07) is 12.1. The van der Waals surface area contributed by atoms with Gasteiger partial charge in [0, 0.05) is 49.1 Å². The Hall–Kier alpha value is -1.74. The molecule has 192 valence electrons. The Morgan fingerprint density at radius 2 is 1.51 bits per heavy atom. The number of alkyl halides is 3. The second-order valence-electron chi connectivity index (χ2n) is 9.25. The summed E-state index contributed by atoms with van der Waals surface area (Å²) in [6.07, 6.45) is -0.959. The van der Waals surface area contributed by atoms with Gasteiger partial charge < -0.3 is 14.5 Å². The predicted octanol–water partition coefficient (Wildman–Crippen LogP) is 6.52. The molecular formula is C27H36F3N3OS. The van der Waals surface area contributed by atoms with Crippen molar-refractivity contribution in [2.45, 2.75) is 55.2 Å². The maximum absolute atomic E-state index is 13.4. The summed E-state index contributed by atoms with van der Waals surface area (Å²) >= 11 is 1.54. The lowest BCUT2D eigenvalue weighted by molar-refractivity contribution is -0.137. The van der Waals surface area contributed by atoms with Crippen molar-refractivity contribution in [2.75, 3.05) is 57.3 Å². The second kappa shape index (κ2) is 12.0.